The number of likely N-dealkylation sites (tertiary alicyclic amines) is 1. The lowest BCUT2D eigenvalue weighted by Gasteiger charge is -2.28. The van der Waals surface area contributed by atoms with Crippen LogP contribution in [0.5, 0.6) is 0 Å². The summed E-state index contributed by atoms with van der Waals surface area (Å²) < 4.78 is 46.7. The number of alkyl halides is 3. The molecule has 3 aromatic rings. The van der Waals surface area contributed by atoms with Crippen molar-refractivity contribution in [2.24, 2.45) is 7.05 Å². The molecule has 0 saturated carbocycles. The van der Waals surface area contributed by atoms with Gasteiger partial charge in [0.1, 0.15) is 23.4 Å². The van der Waals surface area contributed by atoms with Crippen molar-refractivity contribution in [3.05, 3.63) is 63.7 Å². The average molecular weight is 489 g/mol. The molecular weight excluding hydrogens is 463 g/mol. The van der Waals surface area contributed by atoms with E-state index in [2.05, 4.69) is 15.3 Å². The SMILES string of the molecule is CO[C@]1(c2cc3c(N[C@H](C)c4cccc(C(F)(F)F)c4)ncnc3n(C)c2=O)CCN(C(C)=O)C1. The molecule has 0 radical (unpaired) electrons. The van der Waals surface area contributed by atoms with Crippen LogP contribution in [0.1, 0.15) is 43.0 Å². The maximum Gasteiger partial charge on any atom is 0.416 e. The summed E-state index contributed by atoms with van der Waals surface area (Å²) in [6.45, 7) is 3.88. The Labute approximate surface area is 199 Å². The Morgan fingerprint density at radius 1 is 1.26 bits per heavy atom. The number of pyridine rings is 1. The smallest absolute Gasteiger partial charge is 0.371 e. The lowest BCUT2D eigenvalue weighted by molar-refractivity contribution is -0.137. The monoisotopic (exact) mass is 489 g/mol. The molecular formula is C24H26F3N5O3. The van der Waals surface area contributed by atoms with E-state index in [0.717, 1.165) is 12.1 Å². The Bertz CT molecular complexity index is 1340. The summed E-state index contributed by atoms with van der Waals surface area (Å²) in [5.74, 6) is 0.256. The first-order valence-electron chi connectivity index (χ1n) is 11.1. The van der Waals surface area contributed by atoms with Gasteiger partial charge in [0, 0.05) is 40.1 Å². The van der Waals surface area contributed by atoms with Crippen LogP contribution < -0.4 is 10.9 Å². The van der Waals surface area contributed by atoms with Crippen molar-refractivity contribution < 1.29 is 22.7 Å². The predicted molar refractivity (Wildman–Crippen MR) is 124 cm³/mol. The van der Waals surface area contributed by atoms with Crippen molar-refractivity contribution >= 4 is 22.8 Å². The minimum absolute atomic E-state index is 0.109. The van der Waals surface area contributed by atoms with Crippen molar-refractivity contribution in [2.75, 3.05) is 25.5 Å². The largest absolute Gasteiger partial charge is 0.416 e. The number of ether oxygens (including phenoxy) is 1. The second kappa shape index (κ2) is 8.95. The first-order valence-corrected chi connectivity index (χ1v) is 11.1. The number of carbonyl (C=O) groups excluding carboxylic acids is 1. The fourth-order valence-electron chi connectivity index (χ4n) is 4.53. The van der Waals surface area contributed by atoms with Crippen LogP contribution in [-0.2, 0) is 28.4 Å². The molecule has 0 unspecified atom stereocenters. The molecule has 186 valence electrons. The van der Waals surface area contributed by atoms with E-state index in [9.17, 15) is 22.8 Å². The zero-order chi connectivity index (χ0) is 25.5. The molecule has 2 atom stereocenters. The summed E-state index contributed by atoms with van der Waals surface area (Å²) in [5.41, 5.74) is -0.880. The number of methoxy groups -OCH3 is 1. The molecule has 1 aromatic carbocycles. The molecule has 3 heterocycles. The van der Waals surface area contributed by atoms with Crippen LogP contribution in [0.25, 0.3) is 11.0 Å². The van der Waals surface area contributed by atoms with Gasteiger partial charge in [-0.1, -0.05) is 12.1 Å². The number of hydrogen-bond donors (Lipinski definition) is 1. The van der Waals surface area contributed by atoms with Gasteiger partial charge in [-0.15, -0.1) is 0 Å². The van der Waals surface area contributed by atoms with Crippen LogP contribution in [0.3, 0.4) is 0 Å². The lowest BCUT2D eigenvalue weighted by Crippen LogP contribution is -2.40. The Morgan fingerprint density at radius 3 is 2.63 bits per heavy atom. The van der Waals surface area contributed by atoms with Gasteiger partial charge in [-0.25, -0.2) is 9.97 Å². The fraction of sp³-hybridized carbons (Fsp3) is 0.417. The van der Waals surface area contributed by atoms with Crippen LogP contribution in [-0.4, -0.2) is 45.5 Å². The van der Waals surface area contributed by atoms with Crippen LogP contribution in [0.4, 0.5) is 19.0 Å². The number of aryl methyl sites for hydroxylation is 1. The molecule has 35 heavy (non-hydrogen) atoms. The number of hydrogen-bond acceptors (Lipinski definition) is 6. The third-order valence-electron chi connectivity index (χ3n) is 6.63. The van der Waals surface area contributed by atoms with Gasteiger partial charge in [-0.05, 0) is 30.7 Å². The molecule has 0 spiro atoms. The van der Waals surface area contributed by atoms with Gasteiger partial charge in [0.2, 0.25) is 5.91 Å². The number of halogens is 3. The van der Waals surface area contributed by atoms with Gasteiger partial charge in [-0.2, -0.15) is 13.2 Å². The highest BCUT2D eigenvalue weighted by atomic mass is 19.4. The number of nitrogens with one attached hydrogen (secondary N) is 1. The zero-order valence-corrected chi connectivity index (χ0v) is 19.8. The number of nitrogens with zero attached hydrogens (tertiary/aromatic N) is 4. The summed E-state index contributed by atoms with van der Waals surface area (Å²) in [6.07, 6.45) is -2.71. The molecule has 0 aliphatic carbocycles. The van der Waals surface area contributed by atoms with E-state index in [1.54, 1.807) is 31.0 Å². The molecule has 4 rings (SSSR count). The van der Waals surface area contributed by atoms with Crippen molar-refractivity contribution in [1.29, 1.82) is 0 Å². The van der Waals surface area contributed by atoms with Crippen LogP contribution >= 0.6 is 0 Å². The summed E-state index contributed by atoms with van der Waals surface area (Å²) in [5, 5.41) is 3.68. The summed E-state index contributed by atoms with van der Waals surface area (Å²) in [6, 6.07) is 6.22. The molecule has 1 amide bonds. The molecule has 11 heteroatoms. The third-order valence-corrected chi connectivity index (χ3v) is 6.63. The Morgan fingerprint density at radius 2 is 2.00 bits per heavy atom. The maximum atomic E-state index is 13.3. The van der Waals surface area contributed by atoms with Gasteiger partial charge < -0.3 is 15.0 Å². The van der Waals surface area contributed by atoms with Crippen LogP contribution in [0, 0.1) is 0 Å². The number of rotatable bonds is 5. The van der Waals surface area contributed by atoms with Gasteiger partial charge in [0.05, 0.1) is 23.1 Å². The normalized spacial score (nSPS) is 19.2. The minimum Gasteiger partial charge on any atom is -0.371 e. The van der Waals surface area contributed by atoms with E-state index < -0.39 is 23.4 Å². The molecule has 1 fully saturated rings. The molecule has 0 bridgehead atoms. The lowest BCUT2D eigenvalue weighted by atomic mass is 9.92. The van der Waals surface area contributed by atoms with Gasteiger partial charge in [0.25, 0.3) is 5.56 Å². The van der Waals surface area contributed by atoms with E-state index in [1.807, 2.05) is 0 Å². The second-order valence-electron chi connectivity index (χ2n) is 8.76. The highest BCUT2D eigenvalue weighted by Gasteiger charge is 2.43. The summed E-state index contributed by atoms with van der Waals surface area (Å²) in [7, 11) is 3.09. The van der Waals surface area contributed by atoms with Gasteiger partial charge in [0.15, 0.2) is 0 Å². The average Bonchev–Trinajstić information content (AvgIpc) is 3.27. The highest BCUT2D eigenvalue weighted by Crippen LogP contribution is 2.36. The molecule has 1 aliphatic rings. The van der Waals surface area contributed by atoms with Gasteiger partial charge in [-0.3, -0.25) is 14.2 Å². The molecule has 1 saturated heterocycles. The van der Waals surface area contributed by atoms with E-state index >= 15 is 0 Å². The Hall–Kier alpha value is -3.47. The topological polar surface area (TPSA) is 89.3 Å². The van der Waals surface area contributed by atoms with E-state index in [0.29, 0.717) is 40.9 Å². The van der Waals surface area contributed by atoms with Crippen molar-refractivity contribution in [2.45, 2.75) is 38.1 Å². The van der Waals surface area contributed by atoms with Crippen LogP contribution in [0.15, 0.2) is 41.5 Å². The number of aromatic nitrogens is 3. The van der Waals surface area contributed by atoms with E-state index in [1.165, 1.54) is 31.0 Å². The predicted octanol–water partition coefficient (Wildman–Crippen LogP) is 3.61. The first kappa shape index (κ1) is 24.6. The first-order chi connectivity index (χ1) is 16.5. The number of fused-ring (bicyclic) bond motifs is 1. The van der Waals surface area contributed by atoms with Crippen LogP contribution in [0.2, 0.25) is 0 Å². The number of anilines is 1. The number of amides is 1. The van der Waals surface area contributed by atoms with E-state index in [4.69, 9.17) is 4.74 Å². The molecule has 8 nitrogen and oxygen atoms in total. The standard InChI is InChI=1S/C24H26F3N5O3/c1-14(16-6-5-7-17(10-16)24(25,26)27)30-20-18-11-19(22(34)31(3)21(18)29-13-28-20)23(35-4)8-9-32(12-23)15(2)33/h5-7,10-11,13-14H,8-9,12H2,1-4H3,(H,28,29,30)/t14-,23-/m1/s1. The third kappa shape index (κ3) is 4.47. The summed E-state index contributed by atoms with van der Waals surface area (Å²) in [4.78, 5) is 35.4. The summed E-state index contributed by atoms with van der Waals surface area (Å²) >= 11 is 0. The number of carbonyl (C=O) groups is 1. The highest BCUT2D eigenvalue weighted by molar-refractivity contribution is 5.87. The van der Waals surface area contributed by atoms with Crippen molar-refractivity contribution in [1.82, 2.24) is 19.4 Å². The van der Waals surface area contributed by atoms with Crippen molar-refractivity contribution in [3.63, 3.8) is 0 Å². The maximum absolute atomic E-state index is 13.3. The minimum atomic E-state index is -4.45. The fourth-order valence-corrected chi connectivity index (χ4v) is 4.53. The Kier molecular flexibility index (Phi) is 6.31. The molecule has 1 N–H and O–H groups in total. The molecule has 1 aliphatic heterocycles. The molecule has 2 aromatic heterocycles. The van der Waals surface area contributed by atoms with E-state index in [-0.39, 0.29) is 18.0 Å². The van der Waals surface area contributed by atoms with Gasteiger partial charge >= 0.3 is 6.18 Å². The second-order valence-corrected chi connectivity index (χ2v) is 8.76. The zero-order valence-electron chi connectivity index (χ0n) is 19.8. The van der Waals surface area contributed by atoms with Crippen molar-refractivity contribution in [3.8, 4) is 0 Å². The quantitative estimate of drug-likeness (QED) is 0.589. The number of benzene rings is 1. The Balaban J connectivity index is 1.78.